The van der Waals surface area contributed by atoms with E-state index in [4.69, 9.17) is 5.84 Å². The zero-order chi connectivity index (χ0) is 12.5. The molecule has 5 heteroatoms. The number of aryl methyl sites for hydroxylation is 1. The van der Waals surface area contributed by atoms with E-state index in [1.807, 2.05) is 13.0 Å². The van der Waals surface area contributed by atoms with E-state index in [2.05, 4.69) is 34.6 Å². The van der Waals surface area contributed by atoms with Gasteiger partial charge < -0.3 is 5.32 Å². The van der Waals surface area contributed by atoms with Crippen LogP contribution in [-0.4, -0.2) is 16.0 Å². The highest BCUT2D eigenvalue weighted by Gasteiger charge is 2.30. The van der Waals surface area contributed by atoms with Crippen LogP contribution in [0.15, 0.2) is 6.07 Å². The van der Waals surface area contributed by atoms with Gasteiger partial charge in [0, 0.05) is 17.8 Å². The molecule has 0 aromatic carbocycles. The van der Waals surface area contributed by atoms with Crippen molar-refractivity contribution in [2.75, 3.05) is 10.7 Å². The van der Waals surface area contributed by atoms with Gasteiger partial charge in [-0.2, -0.15) is 4.98 Å². The molecule has 1 aromatic rings. The predicted octanol–water partition coefficient (Wildman–Crippen LogP) is 2.06. The SMILES string of the molecule is Cc1cc(NC2CCC(C)(C)C2)nc(NN)n1. The van der Waals surface area contributed by atoms with E-state index in [0.29, 0.717) is 17.4 Å². The molecule has 0 radical (unpaired) electrons. The first-order valence-corrected chi connectivity index (χ1v) is 6.07. The van der Waals surface area contributed by atoms with E-state index >= 15 is 0 Å². The number of rotatable bonds is 3. The lowest BCUT2D eigenvalue weighted by atomic mass is 9.92. The molecule has 5 nitrogen and oxygen atoms in total. The van der Waals surface area contributed by atoms with Crippen LogP contribution in [0.2, 0.25) is 0 Å². The average Bonchev–Trinajstić information content (AvgIpc) is 2.57. The Hall–Kier alpha value is -1.36. The molecule has 1 aliphatic rings. The fourth-order valence-electron chi connectivity index (χ4n) is 2.48. The second-order valence-electron chi connectivity index (χ2n) is 5.61. The van der Waals surface area contributed by atoms with Gasteiger partial charge in [0.2, 0.25) is 5.95 Å². The Labute approximate surface area is 102 Å². The smallest absolute Gasteiger partial charge is 0.239 e. The maximum atomic E-state index is 5.34. The number of nitrogens with zero attached hydrogens (tertiary/aromatic N) is 2. The maximum Gasteiger partial charge on any atom is 0.239 e. The van der Waals surface area contributed by atoms with E-state index < -0.39 is 0 Å². The number of anilines is 2. The highest BCUT2D eigenvalue weighted by Crippen LogP contribution is 2.38. The lowest BCUT2D eigenvalue weighted by molar-refractivity contribution is 0.378. The molecule has 1 heterocycles. The molecule has 1 atom stereocenters. The average molecular weight is 235 g/mol. The highest BCUT2D eigenvalue weighted by molar-refractivity contribution is 5.42. The summed E-state index contributed by atoms with van der Waals surface area (Å²) in [6.07, 6.45) is 3.64. The van der Waals surface area contributed by atoms with E-state index in [1.54, 1.807) is 0 Å². The normalized spacial score (nSPS) is 22.5. The Bertz CT molecular complexity index is 402. The zero-order valence-electron chi connectivity index (χ0n) is 10.7. The van der Waals surface area contributed by atoms with Crippen molar-refractivity contribution >= 4 is 11.8 Å². The third-order valence-corrected chi connectivity index (χ3v) is 3.30. The van der Waals surface area contributed by atoms with E-state index in [0.717, 1.165) is 11.5 Å². The molecule has 1 unspecified atom stereocenters. The van der Waals surface area contributed by atoms with Gasteiger partial charge >= 0.3 is 0 Å². The second kappa shape index (κ2) is 4.49. The van der Waals surface area contributed by atoms with Gasteiger partial charge in [-0.3, -0.25) is 5.43 Å². The molecule has 1 fully saturated rings. The van der Waals surface area contributed by atoms with E-state index in [-0.39, 0.29) is 0 Å². The maximum absolute atomic E-state index is 5.34. The number of nitrogens with one attached hydrogen (secondary N) is 2. The van der Waals surface area contributed by atoms with Crippen LogP contribution in [0, 0.1) is 12.3 Å². The van der Waals surface area contributed by atoms with Gasteiger partial charge in [-0.25, -0.2) is 10.8 Å². The minimum atomic E-state index is 0.439. The molecule has 1 aromatic heterocycles. The van der Waals surface area contributed by atoms with Crippen molar-refractivity contribution < 1.29 is 0 Å². The first-order chi connectivity index (χ1) is 7.98. The standard InChI is InChI=1S/C12H21N5/c1-8-6-10(16-11(14-8)17-13)15-9-4-5-12(2,3)7-9/h6,9H,4-5,7,13H2,1-3H3,(H2,14,15,16,17). The van der Waals surface area contributed by atoms with Gasteiger partial charge in [0.15, 0.2) is 0 Å². The van der Waals surface area contributed by atoms with Crippen LogP contribution in [0.5, 0.6) is 0 Å². The van der Waals surface area contributed by atoms with Crippen LogP contribution in [0.25, 0.3) is 0 Å². The minimum Gasteiger partial charge on any atom is -0.367 e. The van der Waals surface area contributed by atoms with Gasteiger partial charge in [-0.1, -0.05) is 13.8 Å². The van der Waals surface area contributed by atoms with Crippen molar-refractivity contribution in [3.8, 4) is 0 Å². The molecule has 0 saturated heterocycles. The van der Waals surface area contributed by atoms with E-state index in [1.165, 1.54) is 19.3 Å². The largest absolute Gasteiger partial charge is 0.367 e. The third kappa shape index (κ3) is 3.06. The van der Waals surface area contributed by atoms with Gasteiger partial charge in [0.05, 0.1) is 0 Å². The van der Waals surface area contributed by atoms with Crippen LogP contribution in [-0.2, 0) is 0 Å². The molecular weight excluding hydrogens is 214 g/mol. The van der Waals surface area contributed by atoms with Crippen molar-refractivity contribution in [2.24, 2.45) is 11.3 Å². The van der Waals surface area contributed by atoms with Gasteiger partial charge in [0.25, 0.3) is 0 Å². The van der Waals surface area contributed by atoms with Crippen LogP contribution in [0.4, 0.5) is 11.8 Å². The van der Waals surface area contributed by atoms with Crippen molar-refractivity contribution in [2.45, 2.75) is 46.1 Å². The molecule has 0 amide bonds. The molecular formula is C12H21N5. The molecule has 0 spiro atoms. The van der Waals surface area contributed by atoms with Crippen LogP contribution in [0.3, 0.4) is 0 Å². The molecule has 2 rings (SSSR count). The first kappa shape index (κ1) is 12.1. The lowest BCUT2D eigenvalue weighted by Gasteiger charge is -2.18. The summed E-state index contributed by atoms with van der Waals surface area (Å²) >= 11 is 0. The summed E-state index contributed by atoms with van der Waals surface area (Å²) in [4.78, 5) is 8.47. The minimum absolute atomic E-state index is 0.439. The monoisotopic (exact) mass is 235 g/mol. The summed E-state index contributed by atoms with van der Waals surface area (Å²) in [5.41, 5.74) is 3.84. The number of aromatic nitrogens is 2. The summed E-state index contributed by atoms with van der Waals surface area (Å²) in [7, 11) is 0. The Morgan fingerprint density at radius 2 is 2.18 bits per heavy atom. The fourth-order valence-corrected chi connectivity index (χ4v) is 2.48. The third-order valence-electron chi connectivity index (χ3n) is 3.30. The number of hydrogen-bond acceptors (Lipinski definition) is 5. The van der Waals surface area contributed by atoms with Crippen molar-refractivity contribution in [1.82, 2.24) is 9.97 Å². The Balaban J connectivity index is 2.06. The Morgan fingerprint density at radius 3 is 2.76 bits per heavy atom. The lowest BCUT2D eigenvalue weighted by Crippen LogP contribution is -2.19. The molecule has 94 valence electrons. The summed E-state index contributed by atoms with van der Waals surface area (Å²) in [6.45, 7) is 6.56. The summed E-state index contributed by atoms with van der Waals surface area (Å²) < 4.78 is 0. The van der Waals surface area contributed by atoms with Crippen molar-refractivity contribution in [3.05, 3.63) is 11.8 Å². The van der Waals surface area contributed by atoms with Gasteiger partial charge in [-0.05, 0) is 31.6 Å². The predicted molar refractivity (Wildman–Crippen MR) is 69.6 cm³/mol. The first-order valence-electron chi connectivity index (χ1n) is 6.07. The molecule has 0 bridgehead atoms. The molecule has 17 heavy (non-hydrogen) atoms. The Morgan fingerprint density at radius 1 is 1.41 bits per heavy atom. The summed E-state index contributed by atoms with van der Waals surface area (Å²) in [5, 5.41) is 3.47. The fraction of sp³-hybridized carbons (Fsp3) is 0.667. The number of hydrogen-bond donors (Lipinski definition) is 3. The molecule has 0 aliphatic heterocycles. The van der Waals surface area contributed by atoms with Gasteiger partial charge in [0.1, 0.15) is 5.82 Å². The summed E-state index contributed by atoms with van der Waals surface area (Å²) in [5.74, 6) is 6.65. The van der Waals surface area contributed by atoms with Crippen LogP contribution in [0.1, 0.15) is 38.8 Å². The van der Waals surface area contributed by atoms with Crippen molar-refractivity contribution in [1.29, 1.82) is 0 Å². The second-order valence-corrected chi connectivity index (χ2v) is 5.61. The van der Waals surface area contributed by atoms with Crippen LogP contribution < -0.4 is 16.6 Å². The number of nitrogens with two attached hydrogens (primary N) is 1. The molecule has 4 N–H and O–H groups in total. The van der Waals surface area contributed by atoms with Crippen molar-refractivity contribution in [3.63, 3.8) is 0 Å². The highest BCUT2D eigenvalue weighted by atomic mass is 15.3. The Kier molecular flexibility index (Phi) is 3.19. The number of hydrazine groups is 1. The zero-order valence-corrected chi connectivity index (χ0v) is 10.7. The molecule has 1 saturated carbocycles. The van der Waals surface area contributed by atoms with Gasteiger partial charge in [-0.15, -0.1) is 0 Å². The van der Waals surface area contributed by atoms with E-state index in [9.17, 15) is 0 Å². The quantitative estimate of drug-likeness (QED) is 0.552. The topological polar surface area (TPSA) is 75.9 Å². The molecule has 1 aliphatic carbocycles. The van der Waals surface area contributed by atoms with Crippen LogP contribution >= 0.6 is 0 Å². The number of nitrogen functional groups attached to an aromatic ring is 1. The summed E-state index contributed by atoms with van der Waals surface area (Å²) in [6, 6.07) is 2.46.